The van der Waals surface area contributed by atoms with Crippen LogP contribution in [-0.4, -0.2) is 25.9 Å². The van der Waals surface area contributed by atoms with E-state index in [9.17, 15) is 4.79 Å². The fourth-order valence-electron chi connectivity index (χ4n) is 2.96. The van der Waals surface area contributed by atoms with E-state index in [2.05, 4.69) is 20.6 Å². The molecular formula is C20H19N5O2. The monoisotopic (exact) mass is 361 g/mol. The van der Waals surface area contributed by atoms with Gasteiger partial charge in [-0.15, -0.1) is 0 Å². The van der Waals surface area contributed by atoms with Crippen LogP contribution in [0.2, 0.25) is 0 Å². The molecule has 7 nitrogen and oxygen atoms in total. The van der Waals surface area contributed by atoms with E-state index in [0.717, 1.165) is 22.6 Å². The number of hydrogen-bond acceptors (Lipinski definition) is 4. The zero-order valence-corrected chi connectivity index (χ0v) is 15.1. The summed E-state index contributed by atoms with van der Waals surface area (Å²) >= 11 is 0. The van der Waals surface area contributed by atoms with Crippen molar-refractivity contribution in [1.29, 1.82) is 0 Å². The van der Waals surface area contributed by atoms with Crippen molar-refractivity contribution in [3.63, 3.8) is 0 Å². The van der Waals surface area contributed by atoms with Gasteiger partial charge in [0, 0.05) is 18.3 Å². The minimum absolute atomic E-state index is 0.249. The van der Waals surface area contributed by atoms with Gasteiger partial charge < -0.3 is 9.73 Å². The van der Waals surface area contributed by atoms with Crippen LogP contribution in [-0.2, 0) is 6.54 Å². The van der Waals surface area contributed by atoms with Crippen LogP contribution in [0, 0.1) is 13.8 Å². The topological polar surface area (TPSA) is 88.7 Å². The Hall–Kier alpha value is -3.61. The van der Waals surface area contributed by atoms with Crippen LogP contribution in [0.5, 0.6) is 0 Å². The molecule has 1 aromatic carbocycles. The third kappa shape index (κ3) is 3.52. The molecular weight excluding hydrogens is 342 g/mol. The van der Waals surface area contributed by atoms with Crippen molar-refractivity contribution in [2.45, 2.75) is 20.4 Å². The van der Waals surface area contributed by atoms with Gasteiger partial charge in [-0.3, -0.25) is 9.89 Å². The number of aromatic nitrogens is 4. The SMILES string of the molecule is Cc1cc(C)n(-c2cccc(CNC(=O)c3cc(-c4ccco4)[nH]n3)c2)n1. The third-order valence-corrected chi connectivity index (χ3v) is 4.21. The number of aryl methyl sites for hydroxylation is 2. The van der Waals surface area contributed by atoms with Crippen molar-refractivity contribution in [2.24, 2.45) is 0 Å². The largest absolute Gasteiger partial charge is 0.463 e. The van der Waals surface area contributed by atoms with E-state index in [1.54, 1.807) is 24.5 Å². The second kappa shape index (κ2) is 6.95. The lowest BCUT2D eigenvalue weighted by atomic mass is 10.2. The summed E-state index contributed by atoms with van der Waals surface area (Å²) in [7, 11) is 0. The molecule has 0 bridgehead atoms. The normalized spacial score (nSPS) is 10.9. The molecule has 3 heterocycles. The number of benzene rings is 1. The van der Waals surface area contributed by atoms with E-state index in [1.165, 1.54) is 0 Å². The molecule has 3 aromatic heterocycles. The maximum Gasteiger partial charge on any atom is 0.272 e. The van der Waals surface area contributed by atoms with Crippen LogP contribution >= 0.6 is 0 Å². The summed E-state index contributed by atoms with van der Waals surface area (Å²) in [4.78, 5) is 12.4. The van der Waals surface area contributed by atoms with Gasteiger partial charge in [-0.1, -0.05) is 12.1 Å². The Balaban J connectivity index is 1.45. The van der Waals surface area contributed by atoms with E-state index >= 15 is 0 Å². The molecule has 0 aliphatic heterocycles. The lowest BCUT2D eigenvalue weighted by molar-refractivity contribution is 0.0946. The molecule has 4 rings (SSSR count). The highest BCUT2D eigenvalue weighted by atomic mass is 16.3. The van der Waals surface area contributed by atoms with Gasteiger partial charge in [0.05, 0.1) is 17.6 Å². The number of rotatable bonds is 5. The molecule has 0 unspecified atom stereocenters. The number of hydrogen-bond donors (Lipinski definition) is 2. The van der Waals surface area contributed by atoms with E-state index in [1.807, 2.05) is 48.9 Å². The van der Waals surface area contributed by atoms with Crippen LogP contribution < -0.4 is 5.32 Å². The number of carbonyl (C=O) groups is 1. The highest BCUT2D eigenvalue weighted by Crippen LogP contribution is 2.18. The minimum Gasteiger partial charge on any atom is -0.463 e. The zero-order valence-electron chi connectivity index (χ0n) is 15.1. The highest BCUT2D eigenvalue weighted by molar-refractivity contribution is 5.93. The first-order chi connectivity index (χ1) is 13.1. The van der Waals surface area contributed by atoms with Crippen molar-refractivity contribution in [3.05, 3.63) is 77.4 Å². The molecule has 0 spiro atoms. The van der Waals surface area contributed by atoms with Crippen molar-refractivity contribution >= 4 is 5.91 Å². The predicted molar refractivity (Wildman–Crippen MR) is 100 cm³/mol. The average molecular weight is 361 g/mol. The molecule has 0 aliphatic carbocycles. The Labute approximate surface area is 156 Å². The van der Waals surface area contributed by atoms with Gasteiger partial charge in [-0.25, -0.2) is 4.68 Å². The molecule has 27 heavy (non-hydrogen) atoms. The highest BCUT2D eigenvalue weighted by Gasteiger charge is 2.13. The van der Waals surface area contributed by atoms with Crippen LogP contribution in [0.15, 0.2) is 59.2 Å². The Morgan fingerprint density at radius 3 is 2.81 bits per heavy atom. The van der Waals surface area contributed by atoms with Gasteiger partial charge in [0.2, 0.25) is 0 Å². The first kappa shape index (κ1) is 16.8. The van der Waals surface area contributed by atoms with Gasteiger partial charge in [-0.2, -0.15) is 10.2 Å². The molecule has 0 radical (unpaired) electrons. The quantitative estimate of drug-likeness (QED) is 0.570. The van der Waals surface area contributed by atoms with Crippen LogP contribution in [0.3, 0.4) is 0 Å². The number of amides is 1. The molecule has 0 saturated heterocycles. The maximum atomic E-state index is 12.4. The van der Waals surface area contributed by atoms with E-state index < -0.39 is 0 Å². The Bertz CT molecular complexity index is 1080. The molecule has 0 atom stereocenters. The second-order valence-electron chi connectivity index (χ2n) is 6.34. The van der Waals surface area contributed by atoms with Crippen LogP contribution in [0.1, 0.15) is 27.4 Å². The molecule has 136 valence electrons. The second-order valence-corrected chi connectivity index (χ2v) is 6.34. The smallest absolute Gasteiger partial charge is 0.272 e. The van der Waals surface area contributed by atoms with E-state index in [4.69, 9.17) is 4.42 Å². The van der Waals surface area contributed by atoms with Gasteiger partial charge in [-0.05, 0) is 49.7 Å². The van der Waals surface area contributed by atoms with Gasteiger partial charge in [0.1, 0.15) is 5.69 Å². The lowest BCUT2D eigenvalue weighted by Crippen LogP contribution is -2.23. The predicted octanol–water partition coefficient (Wildman–Crippen LogP) is 3.40. The fourth-order valence-corrected chi connectivity index (χ4v) is 2.96. The number of H-pyrrole nitrogens is 1. The molecule has 4 aromatic rings. The summed E-state index contributed by atoms with van der Waals surface area (Å²) in [5, 5.41) is 14.3. The fraction of sp³-hybridized carbons (Fsp3) is 0.150. The van der Waals surface area contributed by atoms with Gasteiger partial charge in [0.25, 0.3) is 5.91 Å². The number of nitrogens with zero attached hydrogens (tertiary/aromatic N) is 3. The van der Waals surface area contributed by atoms with E-state index in [0.29, 0.717) is 23.7 Å². The molecule has 7 heteroatoms. The Morgan fingerprint density at radius 2 is 2.07 bits per heavy atom. The minimum atomic E-state index is -0.249. The summed E-state index contributed by atoms with van der Waals surface area (Å²) < 4.78 is 7.19. The molecule has 1 amide bonds. The van der Waals surface area contributed by atoms with Crippen LogP contribution in [0.25, 0.3) is 17.1 Å². The van der Waals surface area contributed by atoms with Crippen molar-refractivity contribution in [2.75, 3.05) is 0 Å². The van der Waals surface area contributed by atoms with Gasteiger partial charge in [0.15, 0.2) is 11.5 Å². The first-order valence-electron chi connectivity index (χ1n) is 8.60. The summed E-state index contributed by atoms with van der Waals surface area (Å²) in [5.41, 5.74) is 4.96. The number of carbonyl (C=O) groups excluding carboxylic acids is 1. The lowest BCUT2D eigenvalue weighted by Gasteiger charge is -2.08. The number of furan rings is 1. The molecule has 2 N–H and O–H groups in total. The number of nitrogens with one attached hydrogen (secondary N) is 2. The summed E-state index contributed by atoms with van der Waals surface area (Å²) in [6.45, 7) is 4.38. The van der Waals surface area contributed by atoms with Crippen molar-refractivity contribution in [3.8, 4) is 17.1 Å². The Kier molecular flexibility index (Phi) is 4.33. The molecule has 0 aliphatic rings. The first-order valence-corrected chi connectivity index (χ1v) is 8.60. The summed E-state index contributed by atoms with van der Waals surface area (Å²) in [6, 6.07) is 15.2. The summed E-state index contributed by atoms with van der Waals surface area (Å²) in [5.74, 6) is 0.389. The average Bonchev–Trinajstić information content (AvgIpc) is 3.40. The third-order valence-electron chi connectivity index (χ3n) is 4.21. The van der Waals surface area contributed by atoms with Gasteiger partial charge >= 0.3 is 0 Å². The zero-order chi connectivity index (χ0) is 18.8. The number of aromatic amines is 1. The molecule has 0 saturated carbocycles. The Morgan fingerprint density at radius 1 is 1.19 bits per heavy atom. The maximum absolute atomic E-state index is 12.4. The molecule has 0 fully saturated rings. The summed E-state index contributed by atoms with van der Waals surface area (Å²) in [6.07, 6.45) is 1.58. The standard InChI is InChI=1S/C20H19N5O2/c1-13-9-14(2)25(24-13)16-6-3-5-15(10-16)12-21-20(26)18-11-17(22-23-18)19-7-4-8-27-19/h3-11H,12H2,1-2H3,(H,21,26)(H,22,23). The van der Waals surface area contributed by atoms with Crippen molar-refractivity contribution in [1.82, 2.24) is 25.3 Å². The van der Waals surface area contributed by atoms with E-state index in [-0.39, 0.29) is 5.91 Å². The van der Waals surface area contributed by atoms with Crippen molar-refractivity contribution < 1.29 is 9.21 Å². The van der Waals surface area contributed by atoms with Crippen LogP contribution in [0.4, 0.5) is 0 Å².